The third-order valence-corrected chi connectivity index (χ3v) is 1.99. The molecule has 76 valence electrons. The lowest BCUT2D eigenvalue weighted by atomic mass is 10.1. The van der Waals surface area contributed by atoms with Gasteiger partial charge in [-0.1, -0.05) is 64.3 Å². The fourth-order valence-corrected chi connectivity index (χ4v) is 1.28. The van der Waals surface area contributed by atoms with E-state index in [1.807, 2.05) is 38.1 Å². The fourth-order valence-electron chi connectivity index (χ4n) is 1.28. The van der Waals surface area contributed by atoms with Crippen LogP contribution >= 0.6 is 0 Å². The van der Waals surface area contributed by atoms with E-state index in [0.29, 0.717) is 0 Å². The van der Waals surface area contributed by atoms with Crippen molar-refractivity contribution in [1.82, 2.24) is 0 Å². The SMILES string of the molecule is C=C/C(CC)=c1/ccccc1=C.CC. The molecular formula is C14H20. The average Bonchev–Trinajstić information content (AvgIpc) is 2.25. The Balaban J connectivity index is 0.000000791. The van der Waals surface area contributed by atoms with Gasteiger partial charge in [0.1, 0.15) is 0 Å². The number of hydrogen-bond acceptors (Lipinski definition) is 0. The first-order valence-electron chi connectivity index (χ1n) is 5.19. The van der Waals surface area contributed by atoms with Crippen molar-refractivity contribution in [2.75, 3.05) is 0 Å². The molecule has 0 saturated heterocycles. The molecule has 0 aliphatic heterocycles. The Bertz CT molecular complexity index is 371. The maximum atomic E-state index is 3.97. The second-order valence-corrected chi connectivity index (χ2v) is 2.74. The van der Waals surface area contributed by atoms with Gasteiger partial charge in [0.25, 0.3) is 0 Å². The van der Waals surface area contributed by atoms with Crippen LogP contribution in [0.3, 0.4) is 0 Å². The summed E-state index contributed by atoms with van der Waals surface area (Å²) in [6.07, 6.45) is 2.92. The van der Waals surface area contributed by atoms with Crippen molar-refractivity contribution in [3.63, 3.8) is 0 Å². The predicted octanol–water partition coefficient (Wildman–Crippen LogP) is 2.87. The number of rotatable bonds is 2. The largest absolute Gasteiger partial charge is 0.0988 e. The van der Waals surface area contributed by atoms with Crippen molar-refractivity contribution >= 4 is 12.2 Å². The van der Waals surface area contributed by atoms with Crippen molar-refractivity contribution in [3.8, 4) is 0 Å². The third kappa shape index (κ3) is 3.21. The van der Waals surface area contributed by atoms with Crippen LogP contribution in [0.5, 0.6) is 0 Å². The molecule has 1 rings (SSSR count). The van der Waals surface area contributed by atoms with Gasteiger partial charge in [-0.25, -0.2) is 0 Å². The summed E-state index contributed by atoms with van der Waals surface area (Å²) in [4.78, 5) is 0. The van der Waals surface area contributed by atoms with Crippen LogP contribution in [0.15, 0.2) is 36.9 Å². The van der Waals surface area contributed by atoms with Gasteiger partial charge in [-0.15, -0.1) is 0 Å². The van der Waals surface area contributed by atoms with Gasteiger partial charge >= 0.3 is 0 Å². The minimum absolute atomic E-state index is 1.01. The van der Waals surface area contributed by atoms with Crippen LogP contribution in [0.25, 0.3) is 12.2 Å². The van der Waals surface area contributed by atoms with E-state index in [1.165, 1.54) is 10.8 Å². The Morgan fingerprint density at radius 3 is 2.29 bits per heavy atom. The minimum atomic E-state index is 1.01. The summed E-state index contributed by atoms with van der Waals surface area (Å²) in [5, 5.41) is 2.30. The lowest BCUT2D eigenvalue weighted by molar-refractivity contribution is 1.23. The minimum Gasteiger partial charge on any atom is -0.0988 e. The topological polar surface area (TPSA) is 0 Å². The average molecular weight is 188 g/mol. The van der Waals surface area contributed by atoms with Crippen molar-refractivity contribution in [2.24, 2.45) is 0 Å². The summed E-state index contributed by atoms with van der Waals surface area (Å²) in [5.74, 6) is 0. The van der Waals surface area contributed by atoms with E-state index in [1.54, 1.807) is 0 Å². The van der Waals surface area contributed by atoms with Crippen LogP contribution in [0.1, 0.15) is 27.2 Å². The summed E-state index contributed by atoms with van der Waals surface area (Å²) in [6, 6.07) is 8.14. The Morgan fingerprint density at radius 1 is 1.29 bits per heavy atom. The molecule has 0 nitrogen and oxygen atoms in total. The van der Waals surface area contributed by atoms with Crippen molar-refractivity contribution in [2.45, 2.75) is 27.2 Å². The van der Waals surface area contributed by atoms with Gasteiger partial charge in [-0.3, -0.25) is 0 Å². The van der Waals surface area contributed by atoms with E-state index in [4.69, 9.17) is 0 Å². The molecule has 0 heteroatoms. The first-order valence-corrected chi connectivity index (χ1v) is 5.19. The fraction of sp³-hybridized carbons (Fsp3) is 0.286. The van der Waals surface area contributed by atoms with Gasteiger partial charge in [-0.2, -0.15) is 0 Å². The van der Waals surface area contributed by atoms with Gasteiger partial charge in [-0.05, 0) is 22.4 Å². The summed E-state index contributed by atoms with van der Waals surface area (Å²) in [7, 11) is 0. The molecule has 0 aliphatic carbocycles. The molecule has 0 amide bonds. The van der Waals surface area contributed by atoms with Crippen molar-refractivity contribution < 1.29 is 0 Å². The molecule has 0 fully saturated rings. The van der Waals surface area contributed by atoms with Crippen LogP contribution in [-0.4, -0.2) is 0 Å². The van der Waals surface area contributed by atoms with Crippen LogP contribution < -0.4 is 10.4 Å². The van der Waals surface area contributed by atoms with Gasteiger partial charge < -0.3 is 0 Å². The highest BCUT2D eigenvalue weighted by Gasteiger charge is 1.88. The number of hydrogen-bond donors (Lipinski definition) is 0. The Morgan fingerprint density at radius 2 is 1.86 bits per heavy atom. The van der Waals surface area contributed by atoms with Gasteiger partial charge in [0.2, 0.25) is 0 Å². The zero-order valence-electron chi connectivity index (χ0n) is 9.51. The molecule has 0 N–H and O–H groups in total. The second kappa shape index (κ2) is 7.14. The molecule has 0 bridgehead atoms. The van der Waals surface area contributed by atoms with E-state index in [9.17, 15) is 0 Å². The van der Waals surface area contributed by atoms with Gasteiger partial charge in [0, 0.05) is 0 Å². The normalized spacial score (nSPS) is 11.1. The monoisotopic (exact) mass is 188 g/mol. The number of benzene rings is 1. The van der Waals surface area contributed by atoms with Crippen LogP contribution in [0.2, 0.25) is 0 Å². The molecule has 0 aromatic heterocycles. The van der Waals surface area contributed by atoms with Gasteiger partial charge in [0.05, 0.1) is 0 Å². The molecule has 0 spiro atoms. The summed E-state index contributed by atoms with van der Waals surface area (Å²) in [6.45, 7) is 13.9. The smallest absolute Gasteiger partial charge is 0.0158 e. The molecule has 0 unspecified atom stereocenters. The summed E-state index contributed by atoms with van der Waals surface area (Å²) in [5.41, 5.74) is 1.26. The molecule has 0 aliphatic rings. The first kappa shape index (κ1) is 12.7. The molecule has 0 atom stereocenters. The lowest BCUT2D eigenvalue weighted by Crippen LogP contribution is -2.24. The van der Waals surface area contributed by atoms with Crippen molar-refractivity contribution in [1.29, 1.82) is 0 Å². The highest BCUT2D eigenvalue weighted by atomic mass is 13.9. The molecule has 14 heavy (non-hydrogen) atoms. The highest BCUT2D eigenvalue weighted by molar-refractivity contribution is 5.55. The van der Waals surface area contributed by atoms with Crippen molar-refractivity contribution in [3.05, 3.63) is 47.4 Å². The maximum Gasteiger partial charge on any atom is -0.0158 e. The van der Waals surface area contributed by atoms with Crippen LogP contribution in [0, 0.1) is 0 Å². The molecule has 1 aromatic rings. The van der Waals surface area contributed by atoms with E-state index < -0.39 is 0 Å². The van der Waals surface area contributed by atoms with E-state index in [0.717, 1.165) is 11.6 Å². The summed E-state index contributed by atoms with van der Waals surface area (Å²) >= 11 is 0. The van der Waals surface area contributed by atoms with E-state index in [-0.39, 0.29) is 0 Å². The van der Waals surface area contributed by atoms with Crippen LogP contribution in [0.4, 0.5) is 0 Å². The maximum absolute atomic E-state index is 3.97. The van der Waals surface area contributed by atoms with Crippen LogP contribution in [-0.2, 0) is 0 Å². The zero-order chi connectivity index (χ0) is 11.0. The second-order valence-electron chi connectivity index (χ2n) is 2.74. The van der Waals surface area contributed by atoms with E-state index >= 15 is 0 Å². The zero-order valence-corrected chi connectivity index (χ0v) is 9.51. The highest BCUT2D eigenvalue weighted by Crippen LogP contribution is 1.97. The molecule has 0 radical (unpaired) electrons. The number of allylic oxidation sites excluding steroid dienone is 1. The molecule has 0 heterocycles. The lowest BCUT2D eigenvalue weighted by Gasteiger charge is -1.96. The molecular weight excluding hydrogens is 168 g/mol. The predicted molar refractivity (Wildman–Crippen MR) is 66.5 cm³/mol. The summed E-state index contributed by atoms with van der Waals surface area (Å²) < 4.78 is 0. The van der Waals surface area contributed by atoms with Gasteiger partial charge in [0.15, 0.2) is 0 Å². The Kier molecular flexibility index (Phi) is 6.47. The molecule has 0 saturated carbocycles. The molecule has 1 aromatic carbocycles. The standard InChI is InChI=1S/C12H14.C2H6/c1-4-11(5-2)12-9-7-6-8-10(12)3;1-2/h4,6-9H,1,3,5H2,2H3;1-2H3/b12-11+;. The van der Waals surface area contributed by atoms with E-state index in [2.05, 4.69) is 26.1 Å². The quantitative estimate of drug-likeness (QED) is 0.669. The first-order chi connectivity index (χ1) is 6.79. The Labute approximate surface area is 87.3 Å². The Hall–Kier alpha value is -1.30. The third-order valence-electron chi connectivity index (χ3n) is 1.99.